The second kappa shape index (κ2) is 12.5. The van der Waals surface area contributed by atoms with Crippen LogP contribution in [0, 0.1) is 0 Å². The van der Waals surface area contributed by atoms with E-state index in [4.69, 9.17) is 4.42 Å². The molecule has 0 atom stereocenters. The van der Waals surface area contributed by atoms with Crippen molar-refractivity contribution in [3.63, 3.8) is 0 Å². The highest BCUT2D eigenvalue weighted by Gasteiger charge is 2.44. The van der Waals surface area contributed by atoms with Gasteiger partial charge >= 0.3 is 0 Å². The van der Waals surface area contributed by atoms with Crippen LogP contribution in [0.3, 0.4) is 0 Å². The van der Waals surface area contributed by atoms with Crippen molar-refractivity contribution in [2.75, 3.05) is 9.80 Å². The summed E-state index contributed by atoms with van der Waals surface area (Å²) in [5, 5.41) is 4.77. The van der Waals surface area contributed by atoms with Crippen LogP contribution in [0.25, 0.3) is 43.8 Å². The standard InChI is InChI=1S/C54H45BN2O/c1-53(2,3)36-27-31-46-44(32-36)55-43-30-26-37(54(4,5)6)33-49(43)57(45-20-11-15-34-14-7-8-16-39(34)45)48-22-13-21-47(51(48)55)56(46)38-28-24-35(25-29-38)40-18-12-19-42-41-17-9-10-23-50(41)58-52(40)42/h7-33H,1-6H3. The van der Waals surface area contributed by atoms with Crippen molar-refractivity contribution in [1.82, 2.24) is 0 Å². The second-order valence-corrected chi connectivity index (χ2v) is 18.2. The molecule has 2 aliphatic heterocycles. The Morgan fingerprint density at radius 3 is 1.86 bits per heavy atom. The number of fused-ring (bicyclic) bond motifs is 8. The fourth-order valence-electron chi connectivity index (χ4n) is 9.57. The van der Waals surface area contributed by atoms with Crippen molar-refractivity contribution >= 4 is 89.9 Å². The number of furan rings is 1. The highest BCUT2D eigenvalue weighted by atomic mass is 16.3. The van der Waals surface area contributed by atoms with Crippen molar-refractivity contribution in [3.05, 3.63) is 175 Å². The molecule has 0 radical (unpaired) electrons. The lowest BCUT2D eigenvalue weighted by atomic mass is 9.33. The number of rotatable bonds is 3. The number of hydrogen-bond donors (Lipinski definition) is 0. The van der Waals surface area contributed by atoms with E-state index in [1.807, 2.05) is 6.07 Å². The van der Waals surface area contributed by atoms with E-state index in [1.165, 1.54) is 66.7 Å². The minimum Gasteiger partial charge on any atom is -0.455 e. The molecule has 1 aromatic heterocycles. The predicted molar refractivity (Wildman–Crippen MR) is 248 cm³/mol. The molecule has 2 aliphatic rings. The summed E-state index contributed by atoms with van der Waals surface area (Å²) in [6.07, 6.45) is 0. The van der Waals surface area contributed by atoms with Crippen LogP contribution in [0.4, 0.5) is 34.1 Å². The third-order valence-electron chi connectivity index (χ3n) is 12.6. The molecule has 0 unspecified atom stereocenters. The normalized spacial score (nSPS) is 13.6. The van der Waals surface area contributed by atoms with Crippen LogP contribution in [0.1, 0.15) is 52.7 Å². The molecule has 280 valence electrons. The Labute approximate surface area is 341 Å². The van der Waals surface area contributed by atoms with Crippen LogP contribution in [-0.4, -0.2) is 6.71 Å². The van der Waals surface area contributed by atoms with Crippen LogP contribution in [0.5, 0.6) is 0 Å². The average molecular weight is 749 g/mol. The van der Waals surface area contributed by atoms with E-state index < -0.39 is 0 Å². The summed E-state index contributed by atoms with van der Waals surface area (Å²) in [6.45, 7) is 14.0. The largest absolute Gasteiger partial charge is 0.455 e. The van der Waals surface area contributed by atoms with E-state index >= 15 is 0 Å². The molecule has 0 amide bonds. The lowest BCUT2D eigenvalue weighted by molar-refractivity contribution is 0.590. The van der Waals surface area contributed by atoms with Crippen LogP contribution >= 0.6 is 0 Å². The second-order valence-electron chi connectivity index (χ2n) is 18.2. The predicted octanol–water partition coefficient (Wildman–Crippen LogP) is 13.1. The molecule has 0 N–H and O–H groups in total. The summed E-state index contributed by atoms with van der Waals surface area (Å²) in [7, 11) is 0. The Hall–Kier alpha value is -6.52. The number of nitrogens with zero attached hydrogens (tertiary/aromatic N) is 2. The van der Waals surface area contributed by atoms with Gasteiger partial charge in [0.05, 0.1) is 5.69 Å². The van der Waals surface area contributed by atoms with Gasteiger partial charge in [0.15, 0.2) is 0 Å². The molecule has 9 aromatic rings. The minimum absolute atomic E-state index is 0.00957. The van der Waals surface area contributed by atoms with E-state index in [9.17, 15) is 0 Å². The van der Waals surface area contributed by atoms with Crippen LogP contribution in [0.15, 0.2) is 168 Å². The van der Waals surface area contributed by atoms with Crippen molar-refractivity contribution in [2.45, 2.75) is 52.4 Å². The first kappa shape index (κ1) is 34.7. The monoisotopic (exact) mass is 748 g/mol. The summed E-state index contributed by atoms with van der Waals surface area (Å²) >= 11 is 0. The van der Waals surface area contributed by atoms with Crippen LogP contribution < -0.4 is 26.2 Å². The van der Waals surface area contributed by atoms with Gasteiger partial charge in [-0.25, -0.2) is 0 Å². The molecule has 11 rings (SSSR count). The first-order valence-corrected chi connectivity index (χ1v) is 20.6. The van der Waals surface area contributed by atoms with Gasteiger partial charge in [-0.3, -0.25) is 0 Å². The Morgan fingerprint density at radius 1 is 0.448 bits per heavy atom. The van der Waals surface area contributed by atoms with E-state index in [-0.39, 0.29) is 17.5 Å². The summed E-state index contributed by atoms with van der Waals surface area (Å²) in [5.41, 5.74) is 18.0. The quantitative estimate of drug-likeness (QED) is 0.168. The number of anilines is 6. The Bertz CT molecular complexity index is 3100. The molecule has 3 nitrogen and oxygen atoms in total. The lowest BCUT2D eigenvalue weighted by Crippen LogP contribution is -2.61. The Kier molecular flexibility index (Phi) is 7.48. The zero-order valence-corrected chi connectivity index (χ0v) is 34.0. The topological polar surface area (TPSA) is 19.6 Å². The average Bonchev–Trinajstić information content (AvgIpc) is 3.62. The van der Waals surface area contributed by atoms with Crippen molar-refractivity contribution in [3.8, 4) is 11.1 Å². The maximum Gasteiger partial charge on any atom is 0.252 e. The van der Waals surface area contributed by atoms with Gasteiger partial charge in [0.2, 0.25) is 0 Å². The van der Waals surface area contributed by atoms with Gasteiger partial charge in [0, 0.05) is 50.2 Å². The van der Waals surface area contributed by atoms with Crippen LogP contribution in [-0.2, 0) is 10.8 Å². The summed E-state index contributed by atoms with van der Waals surface area (Å²) < 4.78 is 6.47. The zero-order chi connectivity index (χ0) is 39.5. The molecule has 0 spiro atoms. The van der Waals surface area contributed by atoms with E-state index in [0.717, 1.165) is 38.8 Å². The minimum atomic E-state index is -0.0123. The van der Waals surface area contributed by atoms with Gasteiger partial charge in [-0.1, -0.05) is 157 Å². The molecule has 0 saturated carbocycles. The maximum atomic E-state index is 6.47. The smallest absolute Gasteiger partial charge is 0.252 e. The lowest BCUT2D eigenvalue weighted by Gasteiger charge is -2.45. The molecule has 4 heteroatoms. The molecule has 0 bridgehead atoms. The summed E-state index contributed by atoms with van der Waals surface area (Å²) in [5.74, 6) is 0. The van der Waals surface area contributed by atoms with Crippen LogP contribution in [0.2, 0.25) is 0 Å². The summed E-state index contributed by atoms with van der Waals surface area (Å²) in [6, 6.07) is 60.8. The van der Waals surface area contributed by atoms with E-state index in [0.29, 0.717) is 0 Å². The van der Waals surface area contributed by atoms with Gasteiger partial charge < -0.3 is 14.2 Å². The number of para-hydroxylation sites is 2. The molecule has 0 fully saturated rings. The fourth-order valence-corrected chi connectivity index (χ4v) is 9.57. The molecule has 0 aliphatic carbocycles. The van der Waals surface area contributed by atoms with Crippen molar-refractivity contribution < 1.29 is 4.42 Å². The van der Waals surface area contributed by atoms with Gasteiger partial charge in [-0.05, 0) is 97.8 Å². The summed E-state index contributed by atoms with van der Waals surface area (Å²) in [4.78, 5) is 5.05. The third kappa shape index (κ3) is 5.21. The van der Waals surface area contributed by atoms with Gasteiger partial charge in [0.1, 0.15) is 11.2 Å². The molecular weight excluding hydrogens is 703 g/mol. The molecule has 3 heterocycles. The Balaban J connectivity index is 1.15. The van der Waals surface area contributed by atoms with Gasteiger partial charge in [0.25, 0.3) is 6.71 Å². The highest BCUT2D eigenvalue weighted by molar-refractivity contribution is 7.00. The van der Waals surface area contributed by atoms with Crippen molar-refractivity contribution in [1.29, 1.82) is 0 Å². The van der Waals surface area contributed by atoms with Gasteiger partial charge in [-0.15, -0.1) is 0 Å². The van der Waals surface area contributed by atoms with Gasteiger partial charge in [-0.2, -0.15) is 0 Å². The molecular formula is C54H45BN2O. The maximum absolute atomic E-state index is 6.47. The van der Waals surface area contributed by atoms with E-state index in [2.05, 4.69) is 209 Å². The molecule has 0 saturated heterocycles. The first-order valence-electron chi connectivity index (χ1n) is 20.6. The first-order chi connectivity index (χ1) is 28.0. The Morgan fingerprint density at radius 2 is 1.07 bits per heavy atom. The third-order valence-corrected chi connectivity index (χ3v) is 12.6. The zero-order valence-electron chi connectivity index (χ0n) is 34.0. The van der Waals surface area contributed by atoms with E-state index in [1.54, 1.807) is 0 Å². The number of benzene rings is 8. The van der Waals surface area contributed by atoms with Crippen molar-refractivity contribution in [2.24, 2.45) is 0 Å². The molecule has 58 heavy (non-hydrogen) atoms. The number of hydrogen-bond acceptors (Lipinski definition) is 3. The highest BCUT2D eigenvalue weighted by Crippen LogP contribution is 2.47. The molecule has 8 aromatic carbocycles. The fraction of sp³-hybridized carbons (Fsp3) is 0.148. The SMILES string of the molecule is CC(C)(C)c1ccc2c(c1)B1c3ccc(C(C)(C)C)cc3N(c3cccc4ccccc34)c3cccc(c31)N2c1ccc(-c2cccc3c2oc2ccccc23)cc1.